The standard InChI is InChI=1S/C14H25N3O5/c1-8(2)6-11(14(21)15-7-12(19)22-5)17-13(20)9(3)16-10(4)18/h8-9,11H,6-7H2,1-5H3,(H,15,21)(H,16,18)(H,17,20)/t9-,11-/m0/s1. The minimum absolute atomic E-state index is 0.158. The molecular formula is C14H25N3O5. The highest BCUT2D eigenvalue weighted by Gasteiger charge is 2.24. The van der Waals surface area contributed by atoms with Gasteiger partial charge < -0.3 is 20.7 Å². The Morgan fingerprint density at radius 2 is 1.59 bits per heavy atom. The first kappa shape index (κ1) is 19.9. The Kier molecular flexibility index (Phi) is 8.81. The van der Waals surface area contributed by atoms with E-state index in [0.717, 1.165) is 0 Å². The monoisotopic (exact) mass is 315 g/mol. The van der Waals surface area contributed by atoms with Crippen LogP contribution in [0, 0.1) is 5.92 Å². The zero-order valence-corrected chi connectivity index (χ0v) is 13.7. The Labute approximate surface area is 130 Å². The van der Waals surface area contributed by atoms with E-state index in [1.54, 1.807) is 0 Å². The lowest BCUT2D eigenvalue weighted by Gasteiger charge is -2.22. The van der Waals surface area contributed by atoms with Gasteiger partial charge in [0.1, 0.15) is 18.6 Å². The quantitative estimate of drug-likeness (QED) is 0.514. The number of ether oxygens (including phenoxy) is 1. The lowest BCUT2D eigenvalue weighted by atomic mass is 10.0. The third-order valence-corrected chi connectivity index (χ3v) is 2.79. The van der Waals surface area contributed by atoms with Crippen LogP contribution in [0.1, 0.15) is 34.1 Å². The summed E-state index contributed by atoms with van der Waals surface area (Å²) in [6, 6.07) is -1.53. The van der Waals surface area contributed by atoms with Crippen LogP contribution in [0.15, 0.2) is 0 Å². The molecule has 8 nitrogen and oxygen atoms in total. The van der Waals surface area contributed by atoms with Crippen LogP contribution >= 0.6 is 0 Å². The molecule has 0 spiro atoms. The van der Waals surface area contributed by atoms with Crippen LogP contribution in [-0.2, 0) is 23.9 Å². The normalized spacial score (nSPS) is 13.0. The molecule has 0 aromatic rings. The Morgan fingerprint density at radius 1 is 1.00 bits per heavy atom. The van der Waals surface area contributed by atoms with E-state index < -0.39 is 29.9 Å². The smallest absolute Gasteiger partial charge is 0.325 e. The second kappa shape index (κ2) is 9.75. The molecule has 22 heavy (non-hydrogen) atoms. The van der Waals surface area contributed by atoms with Gasteiger partial charge in [0, 0.05) is 6.92 Å². The molecule has 3 amide bonds. The number of carbonyl (C=O) groups excluding carboxylic acids is 4. The van der Waals surface area contributed by atoms with E-state index in [-0.39, 0.29) is 18.4 Å². The van der Waals surface area contributed by atoms with E-state index in [0.29, 0.717) is 6.42 Å². The fourth-order valence-electron chi connectivity index (χ4n) is 1.72. The molecule has 0 saturated heterocycles. The maximum absolute atomic E-state index is 12.1. The minimum Gasteiger partial charge on any atom is -0.468 e. The molecule has 126 valence electrons. The Bertz CT molecular complexity index is 423. The van der Waals surface area contributed by atoms with Crippen LogP contribution in [0.3, 0.4) is 0 Å². The van der Waals surface area contributed by atoms with E-state index in [4.69, 9.17) is 0 Å². The van der Waals surface area contributed by atoms with Crippen molar-refractivity contribution in [3.63, 3.8) is 0 Å². The zero-order chi connectivity index (χ0) is 17.3. The number of carbonyl (C=O) groups is 4. The van der Waals surface area contributed by atoms with E-state index >= 15 is 0 Å². The fourth-order valence-corrected chi connectivity index (χ4v) is 1.72. The van der Waals surface area contributed by atoms with Crippen molar-refractivity contribution in [1.29, 1.82) is 0 Å². The molecular weight excluding hydrogens is 290 g/mol. The molecule has 0 unspecified atom stereocenters. The second-order valence-corrected chi connectivity index (χ2v) is 5.41. The molecule has 0 aliphatic heterocycles. The van der Waals surface area contributed by atoms with Gasteiger partial charge in [-0.1, -0.05) is 13.8 Å². The summed E-state index contributed by atoms with van der Waals surface area (Å²) in [5.74, 6) is -1.69. The van der Waals surface area contributed by atoms with Gasteiger partial charge in [-0.15, -0.1) is 0 Å². The summed E-state index contributed by atoms with van der Waals surface area (Å²) < 4.78 is 4.44. The van der Waals surface area contributed by atoms with Gasteiger partial charge in [-0.25, -0.2) is 0 Å². The lowest BCUT2D eigenvalue weighted by molar-refractivity contribution is -0.141. The molecule has 0 radical (unpaired) electrons. The molecule has 3 N–H and O–H groups in total. The molecule has 0 saturated carbocycles. The highest BCUT2D eigenvalue weighted by molar-refractivity contribution is 5.92. The molecule has 0 heterocycles. The molecule has 0 aromatic heterocycles. The number of nitrogens with one attached hydrogen (secondary N) is 3. The fraction of sp³-hybridized carbons (Fsp3) is 0.714. The third-order valence-electron chi connectivity index (χ3n) is 2.79. The number of esters is 1. The summed E-state index contributed by atoms with van der Waals surface area (Å²) in [5, 5.41) is 7.43. The van der Waals surface area contributed by atoms with Crippen molar-refractivity contribution in [3.05, 3.63) is 0 Å². The first-order valence-corrected chi connectivity index (χ1v) is 7.09. The molecule has 2 atom stereocenters. The van der Waals surface area contributed by atoms with Gasteiger partial charge in [-0.05, 0) is 19.3 Å². The molecule has 0 aromatic carbocycles. The number of amides is 3. The molecule has 0 rings (SSSR count). The van der Waals surface area contributed by atoms with Crippen molar-refractivity contribution in [1.82, 2.24) is 16.0 Å². The van der Waals surface area contributed by atoms with Gasteiger partial charge in [0.15, 0.2) is 0 Å². The highest BCUT2D eigenvalue weighted by Crippen LogP contribution is 2.05. The SMILES string of the molecule is COC(=O)CNC(=O)[C@H](CC(C)C)NC(=O)[C@H](C)NC(C)=O. The average Bonchev–Trinajstić information content (AvgIpc) is 2.42. The lowest BCUT2D eigenvalue weighted by Crippen LogP contribution is -2.53. The van der Waals surface area contributed by atoms with E-state index in [1.807, 2.05) is 13.8 Å². The van der Waals surface area contributed by atoms with Crippen molar-refractivity contribution in [2.45, 2.75) is 46.2 Å². The molecule has 8 heteroatoms. The third kappa shape index (κ3) is 8.23. The van der Waals surface area contributed by atoms with Crippen LogP contribution < -0.4 is 16.0 Å². The van der Waals surface area contributed by atoms with Gasteiger partial charge >= 0.3 is 5.97 Å². The topological polar surface area (TPSA) is 114 Å². The summed E-state index contributed by atoms with van der Waals surface area (Å²) >= 11 is 0. The maximum atomic E-state index is 12.1. The van der Waals surface area contributed by atoms with Crippen LogP contribution in [0.5, 0.6) is 0 Å². The first-order valence-electron chi connectivity index (χ1n) is 7.09. The van der Waals surface area contributed by atoms with Crippen LogP contribution in [-0.4, -0.2) is 49.4 Å². The van der Waals surface area contributed by atoms with Gasteiger partial charge in [0.05, 0.1) is 7.11 Å². The predicted molar refractivity (Wildman–Crippen MR) is 79.7 cm³/mol. The number of rotatable bonds is 8. The summed E-state index contributed by atoms with van der Waals surface area (Å²) in [5.41, 5.74) is 0. The van der Waals surface area contributed by atoms with Crippen molar-refractivity contribution in [2.75, 3.05) is 13.7 Å². The number of hydrogen-bond donors (Lipinski definition) is 3. The summed E-state index contributed by atoms with van der Waals surface area (Å²) in [7, 11) is 1.22. The second-order valence-electron chi connectivity index (χ2n) is 5.41. The average molecular weight is 315 g/mol. The van der Waals surface area contributed by atoms with Gasteiger partial charge in [0.2, 0.25) is 17.7 Å². The predicted octanol–water partition coefficient (Wildman–Crippen LogP) is -0.669. The van der Waals surface area contributed by atoms with Crippen LogP contribution in [0.2, 0.25) is 0 Å². The minimum atomic E-state index is -0.784. The molecule has 0 aliphatic rings. The van der Waals surface area contributed by atoms with E-state index in [1.165, 1.54) is 21.0 Å². The number of methoxy groups -OCH3 is 1. The summed E-state index contributed by atoms with van der Waals surface area (Å²) in [6.07, 6.45) is 0.408. The van der Waals surface area contributed by atoms with Gasteiger partial charge in [-0.3, -0.25) is 19.2 Å². The highest BCUT2D eigenvalue weighted by atomic mass is 16.5. The van der Waals surface area contributed by atoms with Crippen molar-refractivity contribution in [2.24, 2.45) is 5.92 Å². The van der Waals surface area contributed by atoms with Crippen molar-refractivity contribution >= 4 is 23.7 Å². The summed E-state index contributed by atoms with van der Waals surface area (Å²) in [6.45, 7) is 6.38. The Morgan fingerprint density at radius 3 is 2.05 bits per heavy atom. The van der Waals surface area contributed by atoms with Gasteiger partial charge in [-0.2, -0.15) is 0 Å². The Balaban J connectivity index is 4.68. The zero-order valence-electron chi connectivity index (χ0n) is 13.7. The largest absolute Gasteiger partial charge is 0.468 e. The van der Waals surface area contributed by atoms with E-state index in [2.05, 4.69) is 20.7 Å². The van der Waals surface area contributed by atoms with Crippen LogP contribution in [0.4, 0.5) is 0 Å². The molecule has 0 aliphatic carbocycles. The number of hydrogen-bond acceptors (Lipinski definition) is 5. The van der Waals surface area contributed by atoms with Crippen LogP contribution in [0.25, 0.3) is 0 Å². The molecule has 0 fully saturated rings. The van der Waals surface area contributed by atoms with Crippen molar-refractivity contribution in [3.8, 4) is 0 Å². The van der Waals surface area contributed by atoms with Gasteiger partial charge in [0.25, 0.3) is 0 Å². The maximum Gasteiger partial charge on any atom is 0.325 e. The molecule has 0 bridgehead atoms. The summed E-state index contributed by atoms with van der Waals surface area (Å²) in [4.78, 5) is 46.0. The van der Waals surface area contributed by atoms with E-state index in [9.17, 15) is 19.2 Å². The van der Waals surface area contributed by atoms with Crippen molar-refractivity contribution < 1.29 is 23.9 Å². The Hall–Kier alpha value is -2.12. The first-order chi connectivity index (χ1) is 10.2.